The Labute approximate surface area is 344 Å². The molecule has 0 aliphatic heterocycles. The number of hydrogen-bond acceptors (Lipinski definition) is 1. The van der Waals surface area contributed by atoms with Gasteiger partial charge in [-0.05, 0) is 101 Å². The van der Waals surface area contributed by atoms with E-state index in [9.17, 15) is 0 Å². The zero-order valence-electron chi connectivity index (χ0n) is 32.5. The highest BCUT2D eigenvalue weighted by Crippen LogP contribution is 2.49. The van der Waals surface area contributed by atoms with Crippen LogP contribution in [0.15, 0.2) is 237 Å². The van der Waals surface area contributed by atoms with Crippen LogP contribution in [0.5, 0.6) is 0 Å². The van der Waals surface area contributed by atoms with Gasteiger partial charge < -0.3 is 4.90 Å². The maximum Gasteiger partial charge on any atom is 0.0540 e. The van der Waals surface area contributed by atoms with Gasteiger partial charge in [-0.2, -0.15) is 0 Å². The molecule has 0 N–H and O–H groups in total. The van der Waals surface area contributed by atoms with Crippen molar-refractivity contribution >= 4 is 60.2 Å². The standard InChI is InChI=1S/C58H39N/c1-5-19-40(20-6-1)45-35-37-55(51-30-16-13-27-47(45)51)59(56-38-36-46(41-21-7-2-8-22-41)48-28-14-17-31-52(48)56)44-33-34-50-49-29-15-18-32-53(49)57(42-23-9-3-10-24-42)58(54(50)39-44)43-25-11-4-12-26-43/h1-39H. The second kappa shape index (κ2) is 14.6. The lowest BCUT2D eigenvalue weighted by molar-refractivity contribution is 1.32. The van der Waals surface area contributed by atoms with Gasteiger partial charge in [0.25, 0.3) is 0 Å². The molecule has 0 spiro atoms. The van der Waals surface area contributed by atoms with Crippen molar-refractivity contribution in [1.82, 2.24) is 0 Å². The van der Waals surface area contributed by atoms with Crippen LogP contribution in [0.2, 0.25) is 0 Å². The van der Waals surface area contributed by atoms with Crippen LogP contribution >= 0.6 is 0 Å². The summed E-state index contributed by atoms with van der Waals surface area (Å²) in [4.78, 5) is 2.50. The Morgan fingerprint density at radius 2 is 0.576 bits per heavy atom. The van der Waals surface area contributed by atoms with Gasteiger partial charge in [-0.3, -0.25) is 0 Å². The molecule has 1 nitrogen and oxygen atoms in total. The molecule has 0 radical (unpaired) electrons. The van der Waals surface area contributed by atoms with E-state index >= 15 is 0 Å². The van der Waals surface area contributed by atoms with Gasteiger partial charge in [-0.1, -0.05) is 212 Å². The lowest BCUT2D eigenvalue weighted by Crippen LogP contribution is -2.11. The van der Waals surface area contributed by atoms with Gasteiger partial charge in [-0.15, -0.1) is 0 Å². The van der Waals surface area contributed by atoms with Crippen molar-refractivity contribution < 1.29 is 0 Å². The number of nitrogens with zero attached hydrogens (tertiary/aromatic N) is 1. The second-order valence-electron chi connectivity index (χ2n) is 15.2. The van der Waals surface area contributed by atoms with E-state index in [-0.39, 0.29) is 0 Å². The minimum absolute atomic E-state index is 1.10. The molecule has 11 rings (SSSR count). The van der Waals surface area contributed by atoms with Crippen molar-refractivity contribution in [3.05, 3.63) is 237 Å². The normalized spacial score (nSPS) is 11.4. The predicted molar refractivity (Wildman–Crippen MR) is 253 cm³/mol. The molecule has 0 saturated carbocycles. The van der Waals surface area contributed by atoms with E-state index in [0.717, 1.165) is 17.1 Å². The summed E-state index contributed by atoms with van der Waals surface area (Å²) in [5, 5.41) is 9.76. The van der Waals surface area contributed by atoms with Crippen molar-refractivity contribution in [2.45, 2.75) is 0 Å². The van der Waals surface area contributed by atoms with Crippen molar-refractivity contribution in [2.24, 2.45) is 0 Å². The Kier molecular flexibility index (Phi) is 8.56. The topological polar surface area (TPSA) is 3.24 Å². The molecule has 0 amide bonds. The zero-order chi connectivity index (χ0) is 39.1. The molecule has 0 aliphatic rings. The maximum atomic E-state index is 2.50. The molecule has 0 heterocycles. The molecular weight excluding hydrogens is 711 g/mol. The van der Waals surface area contributed by atoms with Crippen molar-refractivity contribution in [2.75, 3.05) is 4.90 Å². The monoisotopic (exact) mass is 749 g/mol. The first kappa shape index (κ1) is 34.5. The van der Waals surface area contributed by atoms with Gasteiger partial charge in [0.1, 0.15) is 0 Å². The minimum atomic E-state index is 1.10. The van der Waals surface area contributed by atoms with E-state index in [2.05, 4.69) is 241 Å². The van der Waals surface area contributed by atoms with Gasteiger partial charge in [0.05, 0.1) is 11.4 Å². The first-order chi connectivity index (χ1) is 29.3. The van der Waals surface area contributed by atoms with Gasteiger partial charge in [0.2, 0.25) is 0 Å². The fourth-order valence-electron chi connectivity index (χ4n) is 9.23. The number of benzene rings is 11. The first-order valence-corrected chi connectivity index (χ1v) is 20.4. The molecule has 0 atom stereocenters. The highest BCUT2D eigenvalue weighted by atomic mass is 15.1. The van der Waals surface area contributed by atoms with Gasteiger partial charge in [0.15, 0.2) is 0 Å². The molecule has 59 heavy (non-hydrogen) atoms. The summed E-state index contributed by atoms with van der Waals surface area (Å²) in [5.74, 6) is 0. The van der Waals surface area contributed by atoms with E-state index in [1.165, 1.54) is 87.6 Å². The number of fused-ring (bicyclic) bond motifs is 5. The van der Waals surface area contributed by atoms with E-state index < -0.39 is 0 Å². The molecule has 0 aliphatic carbocycles. The van der Waals surface area contributed by atoms with Crippen LogP contribution in [0.1, 0.15) is 0 Å². The number of hydrogen-bond donors (Lipinski definition) is 0. The Morgan fingerprint density at radius 3 is 1.05 bits per heavy atom. The van der Waals surface area contributed by atoms with E-state index in [0.29, 0.717) is 0 Å². The van der Waals surface area contributed by atoms with Crippen LogP contribution in [0.4, 0.5) is 17.1 Å². The lowest BCUT2D eigenvalue weighted by atomic mass is 9.85. The Hall–Kier alpha value is -7.74. The molecule has 1 heteroatoms. The predicted octanol–water partition coefficient (Wildman–Crippen LogP) is 16.4. The molecule has 276 valence electrons. The summed E-state index contributed by atoms with van der Waals surface area (Å²) >= 11 is 0. The Bertz CT molecular complexity index is 3180. The lowest BCUT2D eigenvalue weighted by Gasteiger charge is -2.30. The van der Waals surface area contributed by atoms with Gasteiger partial charge in [0, 0.05) is 16.5 Å². The van der Waals surface area contributed by atoms with Crippen LogP contribution in [0, 0.1) is 0 Å². The summed E-state index contributed by atoms with van der Waals surface area (Å²) in [6.07, 6.45) is 0. The largest absolute Gasteiger partial charge is 0.309 e. The molecule has 0 bridgehead atoms. The molecule has 0 aromatic heterocycles. The molecule has 11 aromatic rings. The smallest absolute Gasteiger partial charge is 0.0540 e. The van der Waals surface area contributed by atoms with Gasteiger partial charge in [-0.25, -0.2) is 0 Å². The summed E-state index contributed by atoms with van der Waals surface area (Å²) in [6.45, 7) is 0. The third-order valence-corrected chi connectivity index (χ3v) is 11.8. The second-order valence-corrected chi connectivity index (χ2v) is 15.2. The number of rotatable bonds is 7. The van der Waals surface area contributed by atoms with Crippen LogP contribution in [-0.4, -0.2) is 0 Å². The Morgan fingerprint density at radius 1 is 0.220 bits per heavy atom. The third-order valence-electron chi connectivity index (χ3n) is 11.8. The summed E-state index contributed by atoms with van der Waals surface area (Å²) < 4.78 is 0. The van der Waals surface area contributed by atoms with Crippen molar-refractivity contribution in [3.63, 3.8) is 0 Å². The van der Waals surface area contributed by atoms with E-state index in [1.807, 2.05) is 0 Å². The minimum Gasteiger partial charge on any atom is -0.309 e. The van der Waals surface area contributed by atoms with E-state index in [4.69, 9.17) is 0 Å². The van der Waals surface area contributed by atoms with Crippen molar-refractivity contribution in [1.29, 1.82) is 0 Å². The fourth-order valence-corrected chi connectivity index (χ4v) is 9.23. The first-order valence-electron chi connectivity index (χ1n) is 20.4. The average molecular weight is 750 g/mol. The molecule has 11 aromatic carbocycles. The number of anilines is 3. The van der Waals surface area contributed by atoms with Crippen molar-refractivity contribution in [3.8, 4) is 44.5 Å². The van der Waals surface area contributed by atoms with Gasteiger partial charge >= 0.3 is 0 Å². The molecular formula is C58H39N. The highest BCUT2D eigenvalue weighted by molar-refractivity contribution is 6.22. The molecule has 0 fully saturated rings. The van der Waals surface area contributed by atoms with Crippen LogP contribution in [-0.2, 0) is 0 Å². The van der Waals surface area contributed by atoms with Crippen LogP contribution in [0.3, 0.4) is 0 Å². The SMILES string of the molecule is c1ccc(-c2ccc(N(c3ccc4c(c3)c(-c3ccccc3)c(-c3ccccc3)c3ccccc34)c3ccc(-c4ccccc4)c4ccccc34)c3ccccc23)cc1. The zero-order valence-corrected chi connectivity index (χ0v) is 32.5. The van der Waals surface area contributed by atoms with Crippen LogP contribution < -0.4 is 4.90 Å². The summed E-state index contributed by atoms with van der Waals surface area (Å²) in [7, 11) is 0. The summed E-state index contributed by atoms with van der Waals surface area (Å²) in [6, 6.07) is 86.3. The summed E-state index contributed by atoms with van der Waals surface area (Å²) in [5.41, 5.74) is 13.1. The average Bonchev–Trinajstić information content (AvgIpc) is 3.32. The van der Waals surface area contributed by atoms with E-state index in [1.54, 1.807) is 0 Å². The quantitative estimate of drug-likeness (QED) is 0.147. The molecule has 0 saturated heterocycles. The molecule has 0 unspecified atom stereocenters. The maximum absolute atomic E-state index is 2.50. The highest BCUT2D eigenvalue weighted by Gasteiger charge is 2.23. The third kappa shape index (κ3) is 5.95. The fraction of sp³-hybridized carbons (Fsp3) is 0. The van der Waals surface area contributed by atoms with Crippen LogP contribution in [0.25, 0.3) is 87.6 Å². The Balaban J connectivity index is 1.25.